The van der Waals surface area contributed by atoms with E-state index in [2.05, 4.69) is 24.0 Å². The van der Waals surface area contributed by atoms with Gasteiger partial charge >= 0.3 is 0 Å². The second-order valence-corrected chi connectivity index (χ2v) is 7.30. The monoisotopic (exact) mass is 315 g/mol. The number of hydrogen-bond donors (Lipinski definition) is 0. The predicted molar refractivity (Wildman–Crippen MR) is 92.6 cm³/mol. The van der Waals surface area contributed by atoms with E-state index < -0.39 is 0 Å². The van der Waals surface area contributed by atoms with Gasteiger partial charge in [0, 0.05) is 19.5 Å². The second kappa shape index (κ2) is 7.85. The maximum atomic E-state index is 12.4. The summed E-state index contributed by atoms with van der Waals surface area (Å²) in [7, 11) is 0. The highest BCUT2D eigenvalue weighted by molar-refractivity contribution is 5.76. The van der Waals surface area contributed by atoms with E-state index in [0.717, 1.165) is 44.7 Å². The molecule has 1 aliphatic heterocycles. The zero-order valence-corrected chi connectivity index (χ0v) is 14.3. The molecule has 0 spiro atoms. The number of rotatable bonds is 6. The molecule has 1 heterocycles. The lowest BCUT2D eigenvalue weighted by molar-refractivity contribution is -0.131. The van der Waals surface area contributed by atoms with Crippen LogP contribution in [0.2, 0.25) is 0 Å². The van der Waals surface area contributed by atoms with Crippen molar-refractivity contribution in [3.8, 4) is 5.75 Å². The number of nitrogens with zero attached hydrogens (tertiary/aromatic N) is 1. The van der Waals surface area contributed by atoms with Gasteiger partial charge in [0.05, 0.1) is 6.61 Å². The van der Waals surface area contributed by atoms with Crippen LogP contribution in [-0.4, -0.2) is 30.5 Å². The van der Waals surface area contributed by atoms with Crippen LogP contribution in [0.5, 0.6) is 5.75 Å². The SMILES string of the molecule is Cc1ccc(OCC[C@H]2CCN(C(=O)CC3CCCC3)C2)cc1. The van der Waals surface area contributed by atoms with Crippen LogP contribution in [0.1, 0.15) is 50.5 Å². The van der Waals surface area contributed by atoms with Crippen molar-refractivity contribution in [1.29, 1.82) is 0 Å². The lowest BCUT2D eigenvalue weighted by Crippen LogP contribution is -2.30. The molecule has 1 saturated carbocycles. The van der Waals surface area contributed by atoms with E-state index in [1.165, 1.54) is 31.2 Å². The lowest BCUT2D eigenvalue weighted by Gasteiger charge is -2.19. The molecule has 2 fully saturated rings. The summed E-state index contributed by atoms with van der Waals surface area (Å²) in [5, 5.41) is 0. The van der Waals surface area contributed by atoms with E-state index in [0.29, 0.717) is 17.7 Å². The number of amides is 1. The van der Waals surface area contributed by atoms with Crippen LogP contribution >= 0.6 is 0 Å². The van der Waals surface area contributed by atoms with E-state index in [1.807, 2.05) is 12.1 Å². The van der Waals surface area contributed by atoms with Crippen LogP contribution in [0.15, 0.2) is 24.3 Å². The summed E-state index contributed by atoms with van der Waals surface area (Å²) in [6, 6.07) is 8.21. The largest absolute Gasteiger partial charge is 0.494 e. The molecule has 126 valence electrons. The summed E-state index contributed by atoms with van der Waals surface area (Å²) < 4.78 is 5.82. The molecular formula is C20H29NO2. The van der Waals surface area contributed by atoms with E-state index in [9.17, 15) is 4.79 Å². The molecule has 1 aromatic rings. The summed E-state index contributed by atoms with van der Waals surface area (Å²) >= 11 is 0. The number of carbonyl (C=O) groups excluding carboxylic acids is 1. The van der Waals surface area contributed by atoms with E-state index in [4.69, 9.17) is 4.74 Å². The van der Waals surface area contributed by atoms with Crippen LogP contribution < -0.4 is 4.74 Å². The van der Waals surface area contributed by atoms with Crippen molar-refractivity contribution in [1.82, 2.24) is 4.90 Å². The highest BCUT2D eigenvalue weighted by Gasteiger charge is 2.28. The number of hydrogen-bond acceptors (Lipinski definition) is 2. The predicted octanol–water partition coefficient (Wildman–Crippen LogP) is 4.19. The molecule has 1 saturated heterocycles. The van der Waals surface area contributed by atoms with Crippen molar-refractivity contribution < 1.29 is 9.53 Å². The number of aryl methyl sites for hydroxylation is 1. The number of likely N-dealkylation sites (tertiary alicyclic amines) is 1. The molecule has 0 unspecified atom stereocenters. The Morgan fingerprint density at radius 3 is 2.61 bits per heavy atom. The van der Waals surface area contributed by atoms with Gasteiger partial charge < -0.3 is 9.64 Å². The minimum atomic E-state index is 0.388. The third-order valence-electron chi connectivity index (χ3n) is 5.39. The first-order valence-electron chi connectivity index (χ1n) is 9.18. The number of carbonyl (C=O) groups is 1. The smallest absolute Gasteiger partial charge is 0.222 e. The molecule has 0 N–H and O–H groups in total. The molecule has 1 atom stereocenters. The van der Waals surface area contributed by atoms with E-state index in [-0.39, 0.29) is 0 Å². The third-order valence-corrected chi connectivity index (χ3v) is 5.39. The quantitative estimate of drug-likeness (QED) is 0.787. The summed E-state index contributed by atoms with van der Waals surface area (Å²) in [4.78, 5) is 14.5. The Labute approximate surface area is 140 Å². The van der Waals surface area contributed by atoms with Crippen molar-refractivity contribution in [3.05, 3.63) is 29.8 Å². The minimum absolute atomic E-state index is 0.388. The maximum absolute atomic E-state index is 12.4. The van der Waals surface area contributed by atoms with Crippen LogP contribution in [0, 0.1) is 18.8 Å². The first-order chi connectivity index (χ1) is 11.2. The highest BCUT2D eigenvalue weighted by atomic mass is 16.5. The topological polar surface area (TPSA) is 29.5 Å². The van der Waals surface area contributed by atoms with E-state index in [1.54, 1.807) is 0 Å². The molecule has 0 aromatic heterocycles. The molecule has 23 heavy (non-hydrogen) atoms. The van der Waals surface area contributed by atoms with Crippen LogP contribution in [0.4, 0.5) is 0 Å². The molecule has 0 bridgehead atoms. The molecule has 0 radical (unpaired) electrons. The summed E-state index contributed by atoms with van der Waals surface area (Å²) in [6.45, 7) is 4.71. The van der Waals surface area contributed by atoms with Gasteiger partial charge in [0.15, 0.2) is 0 Å². The summed E-state index contributed by atoms with van der Waals surface area (Å²) in [5.41, 5.74) is 1.25. The molecule has 3 rings (SSSR count). The Bertz CT molecular complexity index is 505. The fraction of sp³-hybridized carbons (Fsp3) is 0.650. The zero-order valence-electron chi connectivity index (χ0n) is 14.3. The van der Waals surface area contributed by atoms with Gasteiger partial charge in [-0.15, -0.1) is 0 Å². The zero-order chi connectivity index (χ0) is 16.1. The van der Waals surface area contributed by atoms with Gasteiger partial charge in [-0.2, -0.15) is 0 Å². The van der Waals surface area contributed by atoms with Crippen LogP contribution in [0.3, 0.4) is 0 Å². The van der Waals surface area contributed by atoms with Crippen molar-refractivity contribution in [2.24, 2.45) is 11.8 Å². The number of ether oxygens (including phenoxy) is 1. The van der Waals surface area contributed by atoms with Crippen molar-refractivity contribution in [2.45, 2.75) is 51.9 Å². The fourth-order valence-corrected chi connectivity index (χ4v) is 3.86. The standard InChI is InChI=1S/C20H29NO2/c1-16-6-8-19(9-7-16)23-13-11-18-10-12-21(15-18)20(22)14-17-4-2-3-5-17/h6-9,17-18H,2-5,10-15H2,1H3/t18-/m1/s1. The van der Waals surface area contributed by atoms with Gasteiger partial charge in [-0.05, 0) is 56.6 Å². The Hall–Kier alpha value is -1.51. The van der Waals surface area contributed by atoms with Crippen molar-refractivity contribution in [2.75, 3.05) is 19.7 Å². The second-order valence-electron chi connectivity index (χ2n) is 7.30. The Balaban J connectivity index is 1.36. The molecule has 2 aliphatic rings. The third kappa shape index (κ3) is 4.73. The fourth-order valence-electron chi connectivity index (χ4n) is 3.86. The van der Waals surface area contributed by atoms with Gasteiger partial charge in [0.25, 0.3) is 0 Å². The summed E-state index contributed by atoms with van der Waals surface area (Å²) in [6.07, 6.45) is 8.11. The van der Waals surface area contributed by atoms with Gasteiger partial charge in [-0.3, -0.25) is 4.79 Å². The van der Waals surface area contributed by atoms with Gasteiger partial charge in [0.2, 0.25) is 5.91 Å². The molecule has 3 heteroatoms. The molecule has 3 nitrogen and oxygen atoms in total. The number of benzene rings is 1. The average molecular weight is 315 g/mol. The lowest BCUT2D eigenvalue weighted by atomic mass is 10.0. The van der Waals surface area contributed by atoms with Gasteiger partial charge in [-0.25, -0.2) is 0 Å². The van der Waals surface area contributed by atoms with Gasteiger partial charge in [-0.1, -0.05) is 30.5 Å². The first kappa shape index (κ1) is 16.4. The Morgan fingerprint density at radius 2 is 1.87 bits per heavy atom. The van der Waals surface area contributed by atoms with Crippen LogP contribution in [-0.2, 0) is 4.79 Å². The van der Waals surface area contributed by atoms with Crippen molar-refractivity contribution >= 4 is 5.91 Å². The van der Waals surface area contributed by atoms with Crippen molar-refractivity contribution in [3.63, 3.8) is 0 Å². The summed E-state index contributed by atoms with van der Waals surface area (Å²) in [5.74, 6) is 2.60. The van der Waals surface area contributed by atoms with E-state index >= 15 is 0 Å². The van der Waals surface area contributed by atoms with Crippen LogP contribution in [0.25, 0.3) is 0 Å². The Kier molecular flexibility index (Phi) is 5.58. The first-order valence-corrected chi connectivity index (χ1v) is 9.18. The highest BCUT2D eigenvalue weighted by Crippen LogP contribution is 2.29. The Morgan fingerprint density at radius 1 is 1.13 bits per heavy atom. The van der Waals surface area contributed by atoms with Gasteiger partial charge in [0.1, 0.15) is 5.75 Å². The molecular weight excluding hydrogens is 286 g/mol. The average Bonchev–Trinajstić information content (AvgIpc) is 3.21. The molecule has 1 aliphatic carbocycles. The molecule has 1 aromatic carbocycles. The molecule has 1 amide bonds. The normalized spacial score (nSPS) is 21.8. The maximum Gasteiger partial charge on any atom is 0.222 e. The minimum Gasteiger partial charge on any atom is -0.494 e.